The van der Waals surface area contributed by atoms with Crippen molar-refractivity contribution in [1.29, 1.82) is 0 Å². The second-order valence-corrected chi connectivity index (χ2v) is 9.16. The average Bonchev–Trinajstić information content (AvgIpc) is 3.17. The Morgan fingerprint density at radius 2 is 1.94 bits per heavy atom. The van der Waals surface area contributed by atoms with Crippen LogP contribution in [0.5, 0.6) is 0 Å². The first kappa shape index (κ1) is 22.5. The molecule has 0 aliphatic rings. The summed E-state index contributed by atoms with van der Waals surface area (Å²) >= 11 is 0. The Hall–Kier alpha value is -3.20. The van der Waals surface area contributed by atoms with Crippen LogP contribution in [0.1, 0.15) is 17.7 Å². The van der Waals surface area contributed by atoms with Gasteiger partial charge in [-0.05, 0) is 42.7 Å². The van der Waals surface area contributed by atoms with Gasteiger partial charge in [0, 0.05) is 24.8 Å². The van der Waals surface area contributed by atoms with Crippen LogP contribution in [0.4, 0.5) is 10.1 Å². The van der Waals surface area contributed by atoms with Gasteiger partial charge in [-0.25, -0.2) is 12.8 Å². The SMILES string of the molecule is CN(CCCc1cc(-c2cccc(F)c2)n[nH]1)C(=O)Cc1ccccc1NS(C)(=O)=O. The van der Waals surface area contributed by atoms with Crippen LogP contribution in [0, 0.1) is 5.82 Å². The summed E-state index contributed by atoms with van der Waals surface area (Å²) < 4.78 is 38.9. The molecule has 0 radical (unpaired) electrons. The molecule has 2 N–H and O–H groups in total. The molecule has 1 heterocycles. The normalized spacial score (nSPS) is 11.3. The largest absolute Gasteiger partial charge is 0.345 e. The van der Waals surface area contributed by atoms with Gasteiger partial charge in [0.15, 0.2) is 0 Å². The third-order valence-electron chi connectivity index (χ3n) is 4.77. The molecule has 0 spiro atoms. The van der Waals surface area contributed by atoms with Crippen LogP contribution < -0.4 is 4.72 Å². The standard InChI is InChI=1S/C22H25FN4O3S/c1-27(22(28)14-17-7-3-4-11-20(17)26-31(2,29)30)12-6-10-19-15-21(25-24-19)16-8-5-9-18(23)13-16/h3-5,7-9,11,13,15,26H,6,10,12,14H2,1-2H3,(H,24,25). The predicted octanol–water partition coefficient (Wildman–Crippen LogP) is 3.22. The van der Waals surface area contributed by atoms with Gasteiger partial charge in [0.25, 0.3) is 0 Å². The highest BCUT2D eigenvalue weighted by Gasteiger charge is 2.14. The van der Waals surface area contributed by atoms with E-state index in [1.807, 2.05) is 6.07 Å². The van der Waals surface area contributed by atoms with E-state index in [1.165, 1.54) is 12.1 Å². The number of aryl methyl sites for hydroxylation is 1. The number of sulfonamides is 1. The van der Waals surface area contributed by atoms with Gasteiger partial charge in [-0.2, -0.15) is 5.10 Å². The number of hydrogen-bond acceptors (Lipinski definition) is 4. The Labute approximate surface area is 181 Å². The molecule has 2 aromatic carbocycles. The Balaban J connectivity index is 1.53. The van der Waals surface area contributed by atoms with Crippen molar-refractivity contribution >= 4 is 21.6 Å². The predicted molar refractivity (Wildman–Crippen MR) is 119 cm³/mol. The average molecular weight is 445 g/mol. The number of carbonyl (C=O) groups is 1. The number of nitrogens with zero attached hydrogens (tertiary/aromatic N) is 2. The van der Waals surface area contributed by atoms with Crippen molar-refractivity contribution in [1.82, 2.24) is 15.1 Å². The summed E-state index contributed by atoms with van der Waals surface area (Å²) in [7, 11) is -1.70. The molecular weight excluding hydrogens is 419 g/mol. The maximum Gasteiger partial charge on any atom is 0.229 e. The third kappa shape index (κ3) is 6.65. The van der Waals surface area contributed by atoms with E-state index in [1.54, 1.807) is 48.3 Å². The number of likely N-dealkylation sites (N-methyl/N-ethyl adjacent to an activating group) is 1. The lowest BCUT2D eigenvalue weighted by atomic mass is 10.1. The maximum atomic E-state index is 13.4. The van der Waals surface area contributed by atoms with Gasteiger partial charge < -0.3 is 4.90 Å². The second kappa shape index (κ2) is 9.74. The zero-order chi connectivity index (χ0) is 22.4. The highest BCUT2D eigenvalue weighted by molar-refractivity contribution is 7.92. The van der Waals surface area contributed by atoms with Crippen LogP contribution >= 0.6 is 0 Å². The molecule has 9 heteroatoms. The lowest BCUT2D eigenvalue weighted by molar-refractivity contribution is -0.129. The zero-order valence-electron chi connectivity index (χ0n) is 17.4. The fraction of sp³-hybridized carbons (Fsp3) is 0.273. The first-order valence-corrected chi connectivity index (χ1v) is 11.7. The molecule has 0 saturated carbocycles. The monoisotopic (exact) mass is 444 g/mol. The summed E-state index contributed by atoms with van der Waals surface area (Å²) in [6.45, 7) is 0.537. The van der Waals surface area contributed by atoms with Gasteiger partial charge in [0.1, 0.15) is 5.82 Å². The second-order valence-electron chi connectivity index (χ2n) is 7.42. The van der Waals surface area contributed by atoms with Gasteiger partial charge in [-0.3, -0.25) is 14.6 Å². The fourth-order valence-corrected chi connectivity index (χ4v) is 3.79. The van der Waals surface area contributed by atoms with E-state index in [9.17, 15) is 17.6 Å². The van der Waals surface area contributed by atoms with Crippen LogP contribution in [-0.2, 0) is 27.7 Å². The smallest absolute Gasteiger partial charge is 0.229 e. The number of amides is 1. The fourth-order valence-electron chi connectivity index (χ4n) is 3.19. The molecule has 1 aromatic heterocycles. The molecule has 0 bridgehead atoms. The van der Waals surface area contributed by atoms with Crippen molar-refractivity contribution in [3.8, 4) is 11.3 Å². The van der Waals surface area contributed by atoms with Gasteiger partial charge in [-0.1, -0.05) is 30.3 Å². The van der Waals surface area contributed by atoms with E-state index in [4.69, 9.17) is 0 Å². The minimum Gasteiger partial charge on any atom is -0.345 e. The summed E-state index contributed by atoms with van der Waals surface area (Å²) in [5.74, 6) is -0.414. The number of rotatable bonds is 9. The van der Waals surface area contributed by atoms with Crippen molar-refractivity contribution in [2.75, 3.05) is 24.6 Å². The van der Waals surface area contributed by atoms with Gasteiger partial charge in [0.2, 0.25) is 15.9 Å². The first-order chi connectivity index (χ1) is 14.7. The summed E-state index contributed by atoms with van der Waals surface area (Å²) in [4.78, 5) is 14.2. The highest BCUT2D eigenvalue weighted by atomic mass is 32.2. The quantitative estimate of drug-likeness (QED) is 0.530. The molecule has 0 aliphatic heterocycles. The number of H-pyrrole nitrogens is 1. The number of para-hydroxylation sites is 1. The molecule has 31 heavy (non-hydrogen) atoms. The minimum absolute atomic E-state index is 0.100. The number of halogens is 1. The van der Waals surface area contributed by atoms with E-state index in [0.717, 1.165) is 18.4 Å². The van der Waals surface area contributed by atoms with Gasteiger partial charge >= 0.3 is 0 Å². The third-order valence-corrected chi connectivity index (χ3v) is 5.36. The zero-order valence-corrected chi connectivity index (χ0v) is 18.2. The lowest BCUT2D eigenvalue weighted by Crippen LogP contribution is -2.29. The molecule has 3 aromatic rings. The van der Waals surface area contributed by atoms with Crippen molar-refractivity contribution in [3.05, 3.63) is 71.7 Å². The van der Waals surface area contributed by atoms with Crippen molar-refractivity contribution in [3.63, 3.8) is 0 Å². The summed E-state index contributed by atoms with van der Waals surface area (Å²) in [6.07, 6.45) is 2.58. The van der Waals surface area contributed by atoms with E-state index < -0.39 is 10.0 Å². The summed E-state index contributed by atoms with van der Waals surface area (Å²) in [5, 5.41) is 7.18. The Bertz CT molecular complexity index is 1160. The summed E-state index contributed by atoms with van der Waals surface area (Å²) in [6, 6.07) is 15.0. The molecule has 0 aliphatic carbocycles. The maximum absolute atomic E-state index is 13.4. The number of aromatic nitrogens is 2. The van der Waals surface area contributed by atoms with E-state index >= 15 is 0 Å². The van der Waals surface area contributed by atoms with E-state index in [-0.39, 0.29) is 18.1 Å². The van der Waals surface area contributed by atoms with Crippen LogP contribution in [0.2, 0.25) is 0 Å². The highest BCUT2D eigenvalue weighted by Crippen LogP contribution is 2.20. The number of nitrogens with one attached hydrogen (secondary N) is 2. The molecule has 0 saturated heterocycles. The Morgan fingerprint density at radius 3 is 2.68 bits per heavy atom. The minimum atomic E-state index is -3.43. The molecule has 0 atom stereocenters. The molecule has 164 valence electrons. The topological polar surface area (TPSA) is 95.2 Å². The van der Waals surface area contributed by atoms with E-state index in [2.05, 4.69) is 14.9 Å². The molecule has 7 nitrogen and oxygen atoms in total. The van der Waals surface area contributed by atoms with Crippen LogP contribution in [-0.4, -0.2) is 49.3 Å². The molecule has 0 fully saturated rings. The van der Waals surface area contributed by atoms with Gasteiger partial charge in [0.05, 0.1) is 24.1 Å². The van der Waals surface area contributed by atoms with Crippen LogP contribution in [0.15, 0.2) is 54.6 Å². The molecular formula is C22H25FN4O3S. The van der Waals surface area contributed by atoms with E-state index in [0.29, 0.717) is 35.5 Å². The lowest BCUT2D eigenvalue weighted by Gasteiger charge is -2.18. The number of anilines is 1. The first-order valence-electron chi connectivity index (χ1n) is 9.81. The van der Waals surface area contributed by atoms with Crippen molar-refractivity contribution in [2.24, 2.45) is 0 Å². The number of aromatic amines is 1. The van der Waals surface area contributed by atoms with Crippen molar-refractivity contribution < 1.29 is 17.6 Å². The summed E-state index contributed by atoms with van der Waals surface area (Å²) in [5.41, 5.74) is 3.32. The van der Waals surface area contributed by atoms with Crippen molar-refractivity contribution in [2.45, 2.75) is 19.3 Å². The molecule has 1 amide bonds. The Morgan fingerprint density at radius 1 is 1.16 bits per heavy atom. The number of benzene rings is 2. The molecule has 3 rings (SSSR count). The van der Waals surface area contributed by atoms with Crippen LogP contribution in [0.25, 0.3) is 11.3 Å². The molecule has 0 unspecified atom stereocenters. The number of carbonyl (C=O) groups excluding carboxylic acids is 1. The number of hydrogen-bond donors (Lipinski definition) is 2. The Kier molecular flexibility index (Phi) is 7.06. The van der Waals surface area contributed by atoms with Crippen LogP contribution in [0.3, 0.4) is 0 Å². The van der Waals surface area contributed by atoms with Gasteiger partial charge in [-0.15, -0.1) is 0 Å².